The molecule has 3 rings (SSSR count). The van der Waals surface area contributed by atoms with Gasteiger partial charge in [-0.25, -0.2) is 9.59 Å². The Labute approximate surface area is 203 Å². The molecule has 1 heterocycles. The van der Waals surface area contributed by atoms with Gasteiger partial charge in [0, 0.05) is 11.8 Å². The van der Waals surface area contributed by atoms with Crippen molar-refractivity contribution >= 4 is 34.1 Å². The van der Waals surface area contributed by atoms with E-state index in [4.69, 9.17) is 9.47 Å². The molecule has 1 aliphatic rings. The number of nitrogens with one attached hydrogen (secondary N) is 1. The molecule has 12 heteroatoms. The van der Waals surface area contributed by atoms with Gasteiger partial charge < -0.3 is 14.2 Å². The van der Waals surface area contributed by atoms with Crippen molar-refractivity contribution in [2.45, 2.75) is 43.3 Å². The summed E-state index contributed by atoms with van der Waals surface area (Å²) in [5.74, 6) is -0.597. The Morgan fingerprint density at radius 3 is 2.46 bits per heavy atom. The molecule has 1 N–H and O–H groups in total. The highest BCUT2D eigenvalue weighted by molar-refractivity contribution is 8.11. The highest BCUT2D eigenvalue weighted by Gasteiger charge is 2.46. The van der Waals surface area contributed by atoms with Crippen LogP contribution in [0.3, 0.4) is 0 Å². The molecule has 2 atom stereocenters. The maximum atomic E-state index is 13.4. The quantitative estimate of drug-likeness (QED) is 0.469. The van der Waals surface area contributed by atoms with Crippen molar-refractivity contribution in [3.63, 3.8) is 0 Å². The number of amides is 2. The third-order valence-electron chi connectivity index (χ3n) is 4.90. The maximum Gasteiger partial charge on any atom is 0.573 e. The number of anilines is 1. The molecule has 2 aromatic carbocycles. The zero-order valence-electron chi connectivity index (χ0n) is 19.3. The van der Waals surface area contributed by atoms with Crippen LogP contribution in [-0.2, 0) is 22.2 Å². The topological polar surface area (TPSA) is 89.5 Å². The molecule has 0 saturated carbocycles. The van der Waals surface area contributed by atoms with Crippen LogP contribution in [0.2, 0.25) is 0 Å². The van der Waals surface area contributed by atoms with Crippen molar-refractivity contribution in [1.29, 1.82) is 0 Å². The molecule has 0 fully saturated rings. The first-order valence-electron chi connectivity index (χ1n) is 10.7. The van der Waals surface area contributed by atoms with E-state index in [0.717, 1.165) is 11.6 Å². The molecular weight excluding hydrogens is 487 g/mol. The van der Waals surface area contributed by atoms with Crippen LogP contribution in [0.4, 0.5) is 28.4 Å². The van der Waals surface area contributed by atoms with Crippen molar-refractivity contribution < 1.29 is 37.0 Å². The highest BCUT2D eigenvalue weighted by Crippen LogP contribution is 2.37. The van der Waals surface area contributed by atoms with Crippen LogP contribution in [0.5, 0.6) is 11.5 Å². The van der Waals surface area contributed by atoms with Crippen LogP contribution in [0.1, 0.15) is 25.8 Å². The third kappa shape index (κ3) is 6.81. The van der Waals surface area contributed by atoms with Crippen LogP contribution in [0.15, 0.2) is 52.5 Å². The van der Waals surface area contributed by atoms with Gasteiger partial charge in [-0.05, 0) is 43.2 Å². The van der Waals surface area contributed by atoms with E-state index in [0.29, 0.717) is 17.0 Å². The highest BCUT2D eigenvalue weighted by atomic mass is 32.2. The standard InChI is InChI=1S/C23H24F3N3O5S/c1-4-17-13-27-29(14-15-6-8-16(9-7-15)28-21(30)33-5-2)22(31)35(17)18-10-11-19(20(12-18)32-3)34-23(24,25)26/h6-13,17H,4-5,14H2,1-3H3/p+1. The zero-order valence-corrected chi connectivity index (χ0v) is 20.1. The second-order valence-electron chi connectivity index (χ2n) is 7.28. The van der Waals surface area contributed by atoms with E-state index in [1.165, 1.54) is 24.3 Å². The van der Waals surface area contributed by atoms with Crippen LogP contribution in [0, 0.1) is 0 Å². The van der Waals surface area contributed by atoms with E-state index in [1.54, 1.807) is 37.4 Å². The average molecular weight is 513 g/mol. The molecule has 0 saturated heterocycles. The van der Waals surface area contributed by atoms with Gasteiger partial charge in [0.05, 0.1) is 26.5 Å². The predicted octanol–water partition coefficient (Wildman–Crippen LogP) is 5.54. The Balaban J connectivity index is 1.79. The molecule has 35 heavy (non-hydrogen) atoms. The number of methoxy groups -OCH3 is 1. The summed E-state index contributed by atoms with van der Waals surface area (Å²) in [6.45, 7) is 4.05. The van der Waals surface area contributed by atoms with Gasteiger partial charge in [0.1, 0.15) is 10.9 Å². The van der Waals surface area contributed by atoms with Crippen LogP contribution >= 0.6 is 0 Å². The van der Waals surface area contributed by atoms with Gasteiger partial charge in [0.2, 0.25) is 0 Å². The number of rotatable bonds is 8. The van der Waals surface area contributed by atoms with E-state index in [2.05, 4.69) is 15.2 Å². The van der Waals surface area contributed by atoms with Crippen LogP contribution in [-0.4, -0.2) is 47.9 Å². The number of halogens is 3. The number of nitrogens with zero attached hydrogens (tertiary/aromatic N) is 2. The molecule has 2 amide bonds. The number of carbonyl (C=O) groups excluding carboxylic acids is 2. The molecule has 8 nitrogen and oxygen atoms in total. The number of hydrazone groups is 1. The molecule has 0 radical (unpaired) electrons. The summed E-state index contributed by atoms with van der Waals surface area (Å²) in [6.07, 6.45) is -3.13. The van der Waals surface area contributed by atoms with Crippen LogP contribution in [0.25, 0.3) is 0 Å². The van der Waals surface area contributed by atoms with E-state index in [9.17, 15) is 22.8 Å². The number of alkyl halides is 3. The lowest BCUT2D eigenvalue weighted by Gasteiger charge is -2.24. The van der Waals surface area contributed by atoms with E-state index >= 15 is 0 Å². The summed E-state index contributed by atoms with van der Waals surface area (Å²) in [6, 6.07) is 10.9. The van der Waals surface area contributed by atoms with Gasteiger partial charge >= 0.3 is 17.7 Å². The second-order valence-corrected chi connectivity index (χ2v) is 9.38. The molecule has 0 aliphatic carbocycles. The van der Waals surface area contributed by atoms with Gasteiger partial charge in [0.25, 0.3) is 0 Å². The minimum atomic E-state index is -4.87. The molecular formula is C23H25F3N3O5S+. The van der Waals surface area contributed by atoms with Gasteiger partial charge in [-0.2, -0.15) is 10.1 Å². The summed E-state index contributed by atoms with van der Waals surface area (Å²) in [5, 5.41) is 7.75. The molecule has 0 bridgehead atoms. The normalized spacial score (nSPS) is 17.8. The van der Waals surface area contributed by atoms with Crippen molar-refractivity contribution in [3.8, 4) is 11.5 Å². The van der Waals surface area contributed by atoms with Crippen molar-refractivity contribution in [1.82, 2.24) is 5.01 Å². The van der Waals surface area contributed by atoms with Gasteiger partial charge in [-0.1, -0.05) is 19.1 Å². The summed E-state index contributed by atoms with van der Waals surface area (Å²) in [5.41, 5.74) is 1.31. The average Bonchev–Trinajstić information content (AvgIpc) is 2.81. The van der Waals surface area contributed by atoms with Crippen molar-refractivity contribution in [2.75, 3.05) is 19.0 Å². The van der Waals surface area contributed by atoms with Gasteiger partial charge in [0.15, 0.2) is 21.6 Å². The third-order valence-corrected chi connectivity index (χ3v) is 7.31. The number of carbonyl (C=O) groups is 2. The Morgan fingerprint density at radius 1 is 1.14 bits per heavy atom. The van der Waals surface area contributed by atoms with E-state index in [1.807, 2.05) is 6.92 Å². The predicted molar refractivity (Wildman–Crippen MR) is 126 cm³/mol. The summed E-state index contributed by atoms with van der Waals surface area (Å²) < 4.78 is 52.0. The molecule has 2 aromatic rings. The fourth-order valence-corrected chi connectivity index (χ4v) is 5.41. The fourth-order valence-electron chi connectivity index (χ4n) is 3.30. The molecule has 0 aromatic heterocycles. The number of hydrogen-bond donors (Lipinski definition) is 1. The lowest BCUT2D eigenvalue weighted by Crippen LogP contribution is -2.42. The van der Waals surface area contributed by atoms with Crippen molar-refractivity contribution in [3.05, 3.63) is 48.0 Å². The molecule has 1 aliphatic heterocycles. The molecule has 0 spiro atoms. The largest absolute Gasteiger partial charge is 0.573 e. The number of ether oxygens (including phenoxy) is 3. The monoisotopic (exact) mass is 512 g/mol. The fraction of sp³-hybridized carbons (Fsp3) is 0.348. The van der Waals surface area contributed by atoms with Crippen LogP contribution < -0.4 is 14.8 Å². The summed E-state index contributed by atoms with van der Waals surface area (Å²) >= 11 is 0. The smallest absolute Gasteiger partial charge is 0.493 e. The molecule has 2 unspecified atom stereocenters. The number of benzene rings is 2. The summed E-state index contributed by atoms with van der Waals surface area (Å²) in [4.78, 5) is 25.5. The van der Waals surface area contributed by atoms with Gasteiger partial charge in [-0.3, -0.25) is 5.32 Å². The SMILES string of the molecule is CCOC(=O)Nc1ccc(CN2N=CC(CC)[S+](c3ccc(OC(F)(F)F)c(OC)c3)C2=O)cc1. The number of hydrogen-bond acceptors (Lipinski definition) is 6. The minimum absolute atomic E-state index is 0.117. The Kier molecular flexibility index (Phi) is 8.49. The van der Waals surface area contributed by atoms with Gasteiger partial charge in [-0.15, -0.1) is 13.2 Å². The zero-order chi connectivity index (χ0) is 25.6. The maximum absolute atomic E-state index is 13.4. The Morgan fingerprint density at radius 2 is 1.86 bits per heavy atom. The lowest BCUT2D eigenvalue weighted by atomic mass is 10.2. The van der Waals surface area contributed by atoms with Crippen molar-refractivity contribution in [2.24, 2.45) is 5.10 Å². The second kappa shape index (κ2) is 11.3. The lowest BCUT2D eigenvalue weighted by molar-refractivity contribution is -0.275. The first-order valence-corrected chi connectivity index (χ1v) is 12.0. The molecule has 188 valence electrons. The first-order chi connectivity index (χ1) is 16.6. The minimum Gasteiger partial charge on any atom is -0.493 e. The first kappa shape index (κ1) is 26.2. The van der Waals surface area contributed by atoms with E-state index in [-0.39, 0.29) is 29.4 Å². The Hall–Kier alpha value is -3.41. The Bertz CT molecular complexity index is 1080. The summed E-state index contributed by atoms with van der Waals surface area (Å²) in [7, 11) is 0.231. The van der Waals surface area contributed by atoms with E-state index < -0.39 is 29.1 Å².